The molecule has 2 aromatic rings. The van der Waals surface area contributed by atoms with Gasteiger partial charge in [0, 0.05) is 18.0 Å². The van der Waals surface area contributed by atoms with Crippen molar-refractivity contribution < 1.29 is 9.53 Å². The van der Waals surface area contributed by atoms with E-state index in [9.17, 15) is 4.79 Å². The second-order valence-electron chi connectivity index (χ2n) is 13.1. The summed E-state index contributed by atoms with van der Waals surface area (Å²) in [4.78, 5) is 22.0. The zero-order valence-electron chi connectivity index (χ0n) is 26.1. The molecule has 4 nitrogen and oxygen atoms in total. The van der Waals surface area contributed by atoms with E-state index in [2.05, 4.69) is 23.8 Å². The molecule has 2 saturated carbocycles. The predicted molar refractivity (Wildman–Crippen MR) is 170 cm³/mol. The molecule has 226 valence electrons. The van der Waals surface area contributed by atoms with Crippen LogP contribution in [-0.4, -0.2) is 15.9 Å². The lowest BCUT2D eigenvalue weighted by molar-refractivity contribution is -0.140. The zero-order valence-corrected chi connectivity index (χ0v) is 26.1. The van der Waals surface area contributed by atoms with E-state index in [0.717, 1.165) is 49.0 Å². The highest BCUT2D eigenvalue weighted by Gasteiger charge is 2.33. The van der Waals surface area contributed by atoms with Crippen molar-refractivity contribution >= 4 is 5.97 Å². The van der Waals surface area contributed by atoms with Crippen molar-refractivity contribution in [3.8, 4) is 17.1 Å². The molecular weight excluding hydrogens is 504 g/mol. The number of aromatic nitrogens is 2. The number of ether oxygens (including phenoxy) is 1. The first kappa shape index (κ1) is 31.7. The van der Waals surface area contributed by atoms with Crippen molar-refractivity contribution in [3.05, 3.63) is 42.2 Å². The maximum absolute atomic E-state index is 12.9. The van der Waals surface area contributed by atoms with Crippen molar-refractivity contribution in [3.63, 3.8) is 0 Å². The smallest absolute Gasteiger partial charge is 0.314 e. The second-order valence-corrected chi connectivity index (χ2v) is 13.1. The molecule has 0 aliphatic heterocycles. The standard InChI is InChI=1S/C37H56N2O2/c1-3-5-7-8-9-10-11-12-14-29-15-17-31(18-16-29)32-19-21-34(22-20-32)37(40)41-35-25-23-33(24-26-35)36-38-27-30(28-39-36)13-6-4-2/h23-29,31-32,34H,3-22H2,1-2H3. The fourth-order valence-corrected chi connectivity index (χ4v) is 7.23. The number of aryl methyl sites for hydroxylation is 1. The van der Waals surface area contributed by atoms with Gasteiger partial charge in [0.2, 0.25) is 0 Å². The van der Waals surface area contributed by atoms with Gasteiger partial charge in [0.15, 0.2) is 5.82 Å². The molecule has 0 amide bonds. The molecule has 0 bridgehead atoms. The number of esters is 1. The van der Waals surface area contributed by atoms with Crippen molar-refractivity contribution in [2.75, 3.05) is 0 Å². The molecule has 0 unspecified atom stereocenters. The van der Waals surface area contributed by atoms with Crippen LogP contribution in [0.3, 0.4) is 0 Å². The summed E-state index contributed by atoms with van der Waals surface area (Å²) in [5, 5.41) is 0. The number of rotatable bonds is 16. The minimum absolute atomic E-state index is 0.0447. The van der Waals surface area contributed by atoms with E-state index in [-0.39, 0.29) is 11.9 Å². The van der Waals surface area contributed by atoms with E-state index in [0.29, 0.717) is 11.6 Å². The van der Waals surface area contributed by atoms with E-state index in [1.54, 1.807) is 0 Å². The Morgan fingerprint density at radius 1 is 0.707 bits per heavy atom. The topological polar surface area (TPSA) is 52.1 Å². The number of carbonyl (C=O) groups excluding carboxylic acids is 1. The predicted octanol–water partition coefficient (Wildman–Crippen LogP) is 10.5. The fraction of sp³-hybridized carbons (Fsp3) is 0.703. The highest BCUT2D eigenvalue weighted by atomic mass is 16.5. The molecule has 1 heterocycles. The van der Waals surface area contributed by atoms with Crippen LogP contribution >= 0.6 is 0 Å². The van der Waals surface area contributed by atoms with Gasteiger partial charge in [0.05, 0.1) is 5.92 Å². The summed E-state index contributed by atoms with van der Waals surface area (Å²) in [6.07, 6.45) is 30.1. The van der Waals surface area contributed by atoms with E-state index >= 15 is 0 Å². The minimum Gasteiger partial charge on any atom is -0.426 e. The number of carbonyl (C=O) groups is 1. The van der Waals surface area contributed by atoms with Crippen LogP contribution < -0.4 is 4.74 Å². The monoisotopic (exact) mass is 560 g/mol. The summed E-state index contributed by atoms with van der Waals surface area (Å²) in [6.45, 7) is 4.49. The number of hydrogen-bond donors (Lipinski definition) is 0. The van der Waals surface area contributed by atoms with E-state index in [1.165, 1.54) is 108 Å². The quantitative estimate of drug-likeness (QED) is 0.116. The third kappa shape index (κ3) is 10.5. The Kier molecular flexibility index (Phi) is 13.7. The Bertz CT molecular complexity index is 987. The molecule has 41 heavy (non-hydrogen) atoms. The Hall–Kier alpha value is -2.23. The van der Waals surface area contributed by atoms with Gasteiger partial charge in [-0.15, -0.1) is 0 Å². The van der Waals surface area contributed by atoms with Gasteiger partial charge >= 0.3 is 5.97 Å². The number of unbranched alkanes of at least 4 members (excludes halogenated alkanes) is 8. The van der Waals surface area contributed by atoms with Gasteiger partial charge in [-0.25, -0.2) is 9.97 Å². The van der Waals surface area contributed by atoms with Crippen LogP contribution in [0.2, 0.25) is 0 Å². The molecule has 0 spiro atoms. The maximum atomic E-state index is 12.9. The highest BCUT2D eigenvalue weighted by Crippen LogP contribution is 2.42. The first-order valence-corrected chi connectivity index (χ1v) is 17.3. The SMILES string of the molecule is CCCCCCCCCCC1CCC(C2CCC(C(=O)Oc3ccc(-c4ncc(CCCC)cn4)cc3)CC2)CC1. The second kappa shape index (κ2) is 17.7. The third-order valence-corrected chi connectivity index (χ3v) is 9.98. The van der Waals surface area contributed by atoms with Gasteiger partial charge in [-0.1, -0.05) is 90.9 Å². The molecule has 4 heteroatoms. The summed E-state index contributed by atoms with van der Waals surface area (Å²) in [7, 11) is 0. The van der Waals surface area contributed by atoms with Crippen molar-refractivity contribution in [2.24, 2.45) is 23.7 Å². The largest absolute Gasteiger partial charge is 0.426 e. The molecule has 0 atom stereocenters. The lowest BCUT2D eigenvalue weighted by atomic mass is 9.68. The lowest BCUT2D eigenvalue weighted by Gasteiger charge is -2.37. The van der Waals surface area contributed by atoms with Gasteiger partial charge in [0.1, 0.15) is 5.75 Å². The maximum Gasteiger partial charge on any atom is 0.314 e. The van der Waals surface area contributed by atoms with Crippen LogP contribution in [0.25, 0.3) is 11.4 Å². The van der Waals surface area contributed by atoms with E-state index in [1.807, 2.05) is 36.7 Å². The average molecular weight is 561 g/mol. The average Bonchev–Trinajstić information content (AvgIpc) is 3.02. The Labute approximate surface area is 250 Å². The number of benzene rings is 1. The molecule has 4 rings (SSSR count). The van der Waals surface area contributed by atoms with Crippen molar-refractivity contribution in [1.29, 1.82) is 0 Å². The Morgan fingerprint density at radius 3 is 1.88 bits per heavy atom. The third-order valence-electron chi connectivity index (χ3n) is 9.98. The van der Waals surface area contributed by atoms with Gasteiger partial charge in [0.25, 0.3) is 0 Å². The Morgan fingerprint density at radius 2 is 1.27 bits per heavy atom. The van der Waals surface area contributed by atoms with Crippen molar-refractivity contribution in [2.45, 2.75) is 142 Å². The summed E-state index contributed by atoms with van der Waals surface area (Å²) in [5.74, 6) is 4.00. The van der Waals surface area contributed by atoms with Crippen LogP contribution in [0.15, 0.2) is 36.7 Å². The van der Waals surface area contributed by atoms with Crippen molar-refractivity contribution in [1.82, 2.24) is 9.97 Å². The van der Waals surface area contributed by atoms with Gasteiger partial charge < -0.3 is 4.74 Å². The van der Waals surface area contributed by atoms with Crippen LogP contribution in [-0.2, 0) is 11.2 Å². The van der Waals surface area contributed by atoms with Gasteiger partial charge in [-0.2, -0.15) is 0 Å². The molecule has 0 N–H and O–H groups in total. The highest BCUT2D eigenvalue weighted by molar-refractivity contribution is 5.75. The molecular formula is C37H56N2O2. The molecule has 0 radical (unpaired) electrons. The molecule has 1 aromatic carbocycles. The van der Waals surface area contributed by atoms with E-state index in [4.69, 9.17) is 4.74 Å². The van der Waals surface area contributed by atoms with Crippen LogP contribution in [0.4, 0.5) is 0 Å². The summed E-state index contributed by atoms with van der Waals surface area (Å²) < 4.78 is 5.80. The van der Waals surface area contributed by atoms with Gasteiger partial charge in [-0.05, 0) is 98.9 Å². The molecule has 2 aliphatic carbocycles. The first-order chi connectivity index (χ1) is 20.2. The molecule has 0 saturated heterocycles. The summed E-state index contributed by atoms with van der Waals surface area (Å²) >= 11 is 0. The summed E-state index contributed by atoms with van der Waals surface area (Å²) in [5.41, 5.74) is 2.12. The van der Waals surface area contributed by atoms with Crippen LogP contribution in [0.5, 0.6) is 5.75 Å². The normalized spacial score (nSPS) is 22.9. The first-order valence-electron chi connectivity index (χ1n) is 17.3. The van der Waals surface area contributed by atoms with E-state index < -0.39 is 0 Å². The molecule has 1 aromatic heterocycles. The fourth-order valence-electron chi connectivity index (χ4n) is 7.23. The molecule has 2 fully saturated rings. The van der Waals surface area contributed by atoms with Gasteiger partial charge in [-0.3, -0.25) is 4.79 Å². The number of nitrogens with zero attached hydrogens (tertiary/aromatic N) is 2. The minimum atomic E-state index is -0.0539. The van der Waals surface area contributed by atoms with Crippen LogP contribution in [0.1, 0.15) is 141 Å². The number of hydrogen-bond acceptors (Lipinski definition) is 4. The lowest BCUT2D eigenvalue weighted by Crippen LogP contribution is -2.30. The zero-order chi connectivity index (χ0) is 28.7. The molecule has 2 aliphatic rings. The van der Waals surface area contributed by atoms with Crippen LogP contribution in [0, 0.1) is 23.7 Å². The summed E-state index contributed by atoms with van der Waals surface area (Å²) in [6, 6.07) is 7.65. The Balaban J connectivity index is 1.10.